The van der Waals surface area contributed by atoms with Crippen molar-refractivity contribution in [2.45, 2.75) is 6.04 Å². The lowest BCUT2D eigenvalue weighted by Crippen LogP contribution is -2.34. The lowest BCUT2D eigenvalue weighted by atomic mass is 10.1. The van der Waals surface area contributed by atoms with Gasteiger partial charge in [-0.3, -0.25) is 4.79 Å². The summed E-state index contributed by atoms with van der Waals surface area (Å²) in [7, 11) is 7.13. The second-order valence-corrected chi connectivity index (χ2v) is 6.09. The number of carbonyl (C=O) groups excluding carboxylic acids is 1. The molecule has 0 radical (unpaired) electrons. The Balaban J connectivity index is 2.09. The van der Waals surface area contributed by atoms with Crippen molar-refractivity contribution in [1.29, 1.82) is 0 Å². The zero-order valence-corrected chi connectivity index (χ0v) is 14.6. The van der Waals surface area contributed by atoms with Gasteiger partial charge in [0.25, 0.3) is 5.91 Å². The molecule has 5 nitrogen and oxygen atoms in total. The van der Waals surface area contributed by atoms with E-state index >= 15 is 0 Å². The first-order chi connectivity index (χ1) is 11.1. The lowest BCUT2D eigenvalue weighted by Gasteiger charge is -2.24. The van der Waals surface area contributed by atoms with E-state index in [0.29, 0.717) is 23.6 Å². The molecule has 1 aromatic carbocycles. The molecule has 0 fully saturated rings. The number of likely N-dealkylation sites (N-methyl/N-ethyl adjacent to an activating group) is 1. The van der Waals surface area contributed by atoms with Crippen LogP contribution in [0.3, 0.4) is 0 Å². The second kappa shape index (κ2) is 7.99. The summed E-state index contributed by atoms with van der Waals surface area (Å²) >= 11 is 1.65. The predicted molar refractivity (Wildman–Crippen MR) is 92.6 cm³/mol. The molecule has 0 saturated carbocycles. The molecule has 1 heterocycles. The van der Waals surface area contributed by atoms with E-state index in [-0.39, 0.29) is 11.9 Å². The van der Waals surface area contributed by atoms with Gasteiger partial charge >= 0.3 is 0 Å². The van der Waals surface area contributed by atoms with Gasteiger partial charge < -0.3 is 19.7 Å². The Labute approximate surface area is 140 Å². The quantitative estimate of drug-likeness (QED) is 0.846. The standard InChI is InChI=1S/C17H22N2O3S/c1-19(2)15(12-7-8-23-11-12)10-18-17(20)14-6-5-13(21-3)9-16(14)22-4/h5-9,11,15H,10H2,1-4H3,(H,18,20). The van der Waals surface area contributed by atoms with Crippen molar-refractivity contribution in [3.05, 3.63) is 46.2 Å². The number of carbonyl (C=O) groups is 1. The molecule has 1 amide bonds. The monoisotopic (exact) mass is 334 g/mol. The third-order valence-electron chi connectivity index (χ3n) is 3.66. The summed E-state index contributed by atoms with van der Waals surface area (Å²) in [5.41, 5.74) is 1.69. The van der Waals surface area contributed by atoms with Crippen LogP contribution in [0.2, 0.25) is 0 Å². The summed E-state index contributed by atoms with van der Waals surface area (Å²) in [6, 6.07) is 7.38. The van der Waals surface area contributed by atoms with Crippen LogP contribution in [-0.2, 0) is 0 Å². The molecular weight excluding hydrogens is 312 g/mol. The molecular formula is C17H22N2O3S. The minimum Gasteiger partial charge on any atom is -0.497 e. The molecule has 0 spiro atoms. The average Bonchev–Trinajstić information content (AvgIpc) is 3.08. The van der Waals surface area contributed by atoms with Crippen LogP contribution in [0.5, 0.6) is 11.5 Å². The molecule has 1 atom stereocenters. The fourth-order valence-corrected chi connectivity index (χ4v) is 3.04. The van der Waals surface area contributed by atoms with Crippen LogP contribution in [0, 0.1) is 0 Å². The van der Waals surface area contributed by atoms with E-state index in [2.05, 4.69) is 21.7 Å². The number of hydrogen-bond donors (Lipinski definition) is 1. The summed E-state index contributed by atoms with van der Waals surface area (Å²) in [5.74, 6) is 0.994. The average molecular weight is 334 g/mol. The Bertz CT molecular complexity index is 641. The number of methoxy groups -OCH3 is 2. The molecule has 0 aliphatic rings. The molecule has 6 heteroatoms. The van der Waals surface area contributed by atoms with Crippen LogP contribution in [0.1, 0.15) is 22.0 Å². The van der Waals surface area contributed by atoms with Crippen molar-refractivity contribution < 1.29 is 14.3 Å². The van der Waals surface area contributed by atoms with Crippen molar-refractivity contribution >= 4 is 17.2 Å². The van der Waals surface area contributed by atoms with E-state index in [4.69, 9.17) is 9.47 Å². The van der Waals surface area contributed by atoms with Crippen LogP contribution in [0.15, 0.2) is 35.0 Å². The first-order valence-corrected chi connectivity index (χ1v) is 8.19. The van der Waals surface area contributed by atoms with E-state index in [1.165, 1.54) is 5.56 Å². The molecule has 1 unspecified atom stereocenters. The summed E-state index contributed by atoms with van der Waals surface area (Å²) in [4.78, 5) is 14.6. The van der Waals surface area contributed by atoms with Crippen molar-refractivity contribution in [2.24, 2.45) is 0 Å². The molecule has 1 N–H and O–H groups in total. The predicted octanol–water partition coefficient (Wildman–Crippen LogP) is 2.80. The maximum absolute atomic E-state index is 12.5. The SMILES string of the molecule is COc1ccc(C(=O)NCC(c2ccsc2)N(C)C)c(OC)c1. The van der Waals surface area contributed by atoms with Gasteiger partial charge in [0, 0.05) is 12.6 Å². The summed E-state index contributed by atoms with van der Waals surface area (Å²) in [6.45, 7) is 0.526. The second-order valence-electron chi connectivity index (χ2n) is 5.31. The topological polar surface area (TPSA) is 50.8 Å². The number of rotatable bonds is 7. The van der Waals surface area contributed by atoms with Gasteiger partial charge in [0.05, 0.1) is 25.8 Å². The first-order valence-electron chi connectivity index (χ1n) is 7.25. The smallest absolute Gasteiger partial charge is 0.255 e. The van der Waals surface area contributed by atoms with Gasteiger partial charge in [-0.25, -0.2) is 0 Å². The molecule has 23 heavy (non-hydrogen) atoms. The van der Waals surface area contributed by atoms with Crippen LogP contribution in [-0.4, -0.2) is 45.7 Å². The molecule has 0 aliphatic carbocycles. The Hall–Kier alpha value is -2.05. The highest BCUT2D eigenvalue weighted by Gasteiger charge is 2.18. The summed E-state index contributed by atoms with van der Waals surface area (Å²) < 4.78 is 10.4. The number of thiophene rings is 1. The van der Waals surface area contributed by atoms with Crippen LogP contribution < -0.4 is 14.8 Å². The van der Waals surface area contributed by atoms with E-state index in [9.17, 15) is 4.79 Å². The van der Waals surface area contributed by atoms with Gasteiger partial charge in [0.2, 0.25) is 0 Å². The Kier molecular flexibility index (Phi) is 6.01. The largest absolute Gasteiger partial charge is 0.497 e. The highest BCUT2D eigenvalue weighted by molar-refractivity contribution is 7.07. The van der Waals surface area contributed by atoms with Gasteiger partial charge in [-0.1, -0.05) is 0 Å². The Morgan fingerprint density at radius 3 is 2.61 bits per heavy atom. The number of nitrogens with zero attached hydrogens (tertiary/aromatic N) is 1. The van der Waals surface area contributed by atoms with Crippen molar-refractivity contribution in [2.75, 3.05) is 34.9 Å². The van der Waals surface area contributed by atoms with E-state index in [0.717, 1.165) is 0 Å². The third-order valence-corrected chi connectivity index (χ3v) is 4.36. The van der Waals surface area contributed by atoms with Gasteiger partial charge in [0.1, 0.15) is 11.5 Å². The Morgan fingerprint density at radius 1 is 1.26 bits per heavy atom. The zero-order chi connectivity index (χ0) is 16.8. The number of hydrogen-bond acceptors (Lipinski definition) is 5. The normalized spacial score (nSPS) is 12.0. The Morgan fingerprint density at radius 2 is 2.04 bits per heavy atom. The first kappa shape index (κ1) is 17.3. The fraction of sp³-hybridized carbons (Fsp3) is 0.353. The number of benzene rings is 1. The minimum absolute atomic E-state index is 0.134. The highest BCUT2D eigenvalue weighted by Crippen LogP contribution is 2.25. The van der Waals surface area contributed by atoms with E-state index < -0.39 is 0 Å². The van der Waals surface area contributed by atoms with Gasteiger partial charge in [0.15, 0.2) is 0 Å². The van der Waals surface area contributed by atoms with E-state index in [1.54, 1.807) is 43.8 Å². The molecule has 0 saturated heterocycles. The maximum atomic E-state index is 12.5. The zero-order valence-electron chi connectivity index (χ0n) is 13.8. The number of nitrogens with one attached hydrogen (secondary N) is 1. The third kappa shape index (κ3) is 4.24. The molecule has 1 aromatic heterocycles. The van der Waals surface area contributed by atoms with Crippen LogP contribution in [0.4, 0.5) is 0 Å². The highest BCUT2D eigenvalue weighted by atomic mass is 32.1. The number of ether oxygens (including phenoxy) is 2. The van der Waals surface area contributed by atoms with Crippen LogP contribution >= 0.6 is 11.3 Å². The lowest BCUT2D eigenvalue weighted by molar-refractivity contribution is 0.0939. The number of amides is 1. The summed E-state index contributed by atoms with van der Waals surface area (Å²) in [5, 5.41) is 7.13. The van der Waals surface area contributed by atoms with Crippen molar-refractivity contribution in [3.63, 3.8) is 0 Å². The van der Waals surface area contributed by atoms with Crippen molar-refractivity contribution in [3.8, 4) is 11.5 Å². The summed E-state index contributed by atoms with van der Waals surface area (Å²) in [6.07, 6.45) is 0. The molecule has 0 aliphatic heterocycles. The van der Waals surface area contributed by atoms with E-state index in [1.807, 2.05) is 19.5 Å². The van der Waals surface area contributed by atoms with Crippen LogP contribution in [0.25, 0.3) is 0 Å². The molecule has 0 bridgehead atoms. The van der Waals surface area contributed by atoms with Gasteiger partial charge in [-0.15, -0.1) is 0 Å². The molecule has 2 aromatic rings. The van der Waals surface area contributed by atoms with Gasteiger partial charge in [-0.05, 0) is 48.6 Å². The molecule has 124 valence electrons. The van der Waals surface area contributed by atoms with Gasteiger partial charge in [-0.2, -0.15) is 11.3 Å². The minimum atomic E-state index is -0.161. The fourth-order valence-electron chi connectivity index (χ4n) is 2.33. The molecule has 2 rings (SSSR count). The van der Waals surface area contributed by atoms with Crippen molar-refractivity contribution in [1.82, 2.24) is 10.2 Å². The maximum Gasteiger partial charge on any atom is 0.255 e.